The summed E-state index contributed by atoms with van der Waals surface area (Å²) in [6.07, 6.45) is 12.3. The van der Waals surface area contributed by atoms with Gasteiger partial charge in [-0.15, -0.1) is 0 Å². The van der Waals surface area contributed by atoms with E-state index in [1.54, 1.807) is 6.20 Å². The van der Waals surface area contributed by atoms with E-state index in [0.29, 0.717) is 17.9 Å². The molecule has 0 bridgehead atoms. The summed E-state index contributed by atoms with van der Waals surface area (Å²) in [4.78, 5) is 11.5. The summed E-state index contributed by atoms with van der Waals surface area (Å²) in [7, 11) is 0. The van der Waals surface area contributed by atoms with Gasteiger partial charge in [-0.25, -0.2) is 0 Å². The predicted molar refractivity (Wildman–Crippen MR) is 53.3 cm³/mol. The van der Waals surface area contributed by atoms with Gasteiger partial charge in [-0.1, -0.05) is 30.4 Å². The van der Waals surface area contributed by atoms with Crippen molar-refractivity contribution in [2.75, 3.05) is 0 Å². The first-order valence-corrected chi connectivity index (χ1v) is 4.94. The first-order valence-electron chi connectivity index (χ1n) is 4.94. The largest absolute Gasteiger partial charge is 0.332 e. The maximum atomic E-state index is 11.5. The molecule has 1 fully saturated rings. The zero-order valence-electron chi connectivity index (χ0n) is 7.68. The molecule has 4 unspecified atom stereocenters. The molecule has 3 heteroatoms. The number of nitrogens with one attached hydrogen (secondary N) is 2. The second-order valence-corrected chi connectivity index (χ2v) is 3.96. The van der Waals surface area contributed by atoms with Gasteiger partial charge in [0.15, 0.2) is 0 Å². The molecule has 14 heavy (non-hydrogen) atoms. The molecule has 0 saturated carbocycles. The summed E-state index contributed by atoms with van der Waals surface area (Å²) < 4.78 is 0. The number of carbonyl (C=O) groups is 1. The Balaban J connectivity index is 1.96. The molecule has 2 aliphatic heterocycles. The van der Waals surface area contributed by atoms with Crippen molar-refractivity contribution in [1.82, 2.24) is 10.6 Å². The van der Waals surface area contributed by atoms with Crippen LogP contribution < -0.4 is 10.6 Å². The Hall–Kier alpha value is -1.35. The molecule has 0 aromatic rings. The Kier molecular flexibility index (Phi) is 1.61. The molecule has 0 radical (unpaired) electrons. The van der Waals surface area contributed by atoms with E-state index in [0.717, 1.165) is 0 Å². The van der Waals surface area contributed by atoms with Crippen molar-refractivity contribution in [2.24, 2.45) is 11.8 Å². The van der Waals surface area contributed by atoms with Crippen LogP contribution in [0.15, 0.2) is 36.6 Å². The average molecular weight is 188 g/mol. The van der Waals surface area contributed by atoms with Crippen molar-refractivity contribution in [1.29, 1.82) is 0 Å². The van der Waals surface area contributed by atoms with E-state index in [2.05, 4.69) is 34.9 Å². The van der Waals surface area contributed by atoms with Crippen molar-refractivity contribution < 1.29 is 4.79 Å². The number of carbonyl (C=O) groups excluding carboxylic acids is 1. The molecule has 1 aliphatic carbocycles. The zero-order chi connectivity index (χ0) is 9.54. The minimum atomic E-state index is -0.0533. The third kappa shape index (κ3) is 0.990. The molecule has 4 atom stereocenters. The molecule has 1 amide bonds. The van der Waals surface area contributed by atoms with Gasteiger partial charge in [0.2, 0.25) is 5.91 Å². The summed E-state index contributed by atoms with van der Waals surface area (Å²) in [5.41, 5.74) is 0. The summed E-state index contributed by atoms with van der Waals surface area (Å²) in [5.74, 6) is 0.843. The maximum absolute atomic E-state index is 11.5. The van der Waals surface area contributed by atoms with Crippen LogP contribution in [0.5, 0.6) is 0 Å². The minimum absolute atomic E-state index is 0.0533. The van der Waals surface area contributed by atoms with Gasteiger partial charge >= 0.3 is 0 Å². The normalized spacial score (nSPS) is 43.3. The molecule has 72 valence electrons. The molecule has 2 heterocycles. The maximum Gasteiger partial charge on any atom is 0.241 e. The summed E-state index contributed by atoms with van der Waals surface area (Å²) in [6.45, 7) is 0. The smallest absolute Gasteiger partial charge is 0.241 e. The molecule has 2 N–H and O–H groups in total. The Morgan fingerprint density at radius 2 is 1.93 bits per heavy atom. The van der Waals surface area contributed by atoms with E-state index in [1.165, 1.54) is 0 Å². The van der Waals surface area contributed by atoms with Gasteiger partial charge in [0.05, 0.1) is 6.04 Å². The lowest BCUT2D eigenvalue weighted by molar-refractivity contribution is -0.122. The van der Waals surface area contributed by atoms with E-state index in [9.17, 15) is 4.79 Å². The highest BCUT2D eigenvalue weighted by Crippen LogP contribution is 2.33. The van der Waals surface area contributed by atoms with Crippen LogP contribution in [0.3, 0.4) is 0 Å². The van der Waals surface area contributed by atoms with E-state index >= 15 is 0 Å². The summed E-state index contributed by atoms with van der Waals surface area (Å²) >= 11 is 0. The van der Waals surface area contributed by atoms with E-state index in [-0.39, 0.29) is 11.9 Å². The van der Waals surface area contributed by atoms with Crippen LogP contribution in [0.1, 0.15) is 0 Å². The van der Waals surface area contributed by atoms with Gasteiger partial charge in [-0.3, -0.25) is 10.1 Å². The van der Waals surface area contributed by atoms with Crippen LogP contribution in [0, 0.1) is 11.8 Å². The lowest BCUT2D eigenvalue weighted by atomic mass is 9.83. The zero-order valence-corrected chi connectivity index (χ0v) is 7.68. The number of amides is 1. The average Bonchev–Trinajstić information content (AvgIpc) is 2.59. The van der Waals surface area contributed by atoms with Crippen molar-refractivity contribution in [3.05, 3.63) is 36.6 Å². The molecule has 0 spiro atoms. The number of hydrogen-bond acceptors (Lipinski definition) is 2. The third-order valence-corrected chi connectivity index (χ3v) is 3.21. The monoisotopic (exact) mass is 188 g/mol. The Bertz CT molecular complexity index is 356. The Morgan fingerprint density at radius 1 is 1.07 bits per heavy atom. The van der Waals surface area contributed by atoms with Gasteiger partial charge in [-0.05, 0) is 0 Å². The van der Waals surface area contributed by atoms with Crippen LogP contribution in [0.25, 0.3) is 0 Å². The second-order valence-electron chi connectivity index (χ2n) is 3.96. The van der Waals surface area contributed by atoms with Crippen molar-refractivity contribution in [3.63, 3.8) is 0 Å². The lowest BCUT2D eigenvalue weighted by Crippen LogP contribution is -2.45. The van der Waals surface area contributed by atoms with Crippen LogP contribution in [-0.2, 0) is 4.79 Å². The minimum Gasteiger partial charge on any atom is -0.332 e. The molecular formula is C11H12N2O. The molecule has 3 nitrogen and oxygen atoms in total. The number of hydrogen-bond donors (Lipinski definition) is 2. The molecule has 1 saturated heterocycles. The van der Waals surface area contributed by atoms with Crippen molar-refractivity contribution in [3.8, 4) is 0 Å². The van der Waals surface area contributed by atoms with Gasteiger partial charge in [0.25, 0.3) is 0 Å². The number of fused-ring (bicyclic) bond motifs is 3. The van der Waals surface area contributed by atoms with E-state index in [4.69, 9.17) is 0 Å². The molecule has 3 aliphatic rings. The second kappa shape index (κ2) is 2.82. The Morgan fingerprint density at radius 3 is 2.86 bits per heavy atom. The van der Waals surface area contributed by atoms with Gasteiger partial charge in [0.1, 0.15) is 0 Å². The quantitative estimate of drug-likeness (QED) is 0.575. The fourth-order valence-corrected chi connectivity index (χ4v) is 2.52. The van der Waals surface area contributed by atoms with E-state index < -0.39 is 0 Å². The van der Waals surface area contributed by atoms with Crippen LogP contribution in [-0.4, -0.2) is 18.0 Å². The SMILES string of the molecule is O=C1NC=CC2C1NC1C=CC=CC12. The molecular weight excluding hydrogens is 176 g/mol. The lowest BCUT2D eigenvalue weighted by Gasteiger charge is -2.22. The van der Waals surface area contributed by atoms with Crippen LogP contribution >= 0.6 is 0 Å². The first kappa shape index (κ1) is 8.00. The van der Waals surface area contributed by atoms with E-state index in [1.807, 2.05) is 6.08 Å². The fraction of sp³-hybridized carbons (Fsp3) is 0.364. The topological polar surface area (TPSA) is 41.1 Å². The highest BCUT2D eigenvalue weighted by Gasteiger charge is 2.44. The highest BCUT2D eigenvalue weighted by molar-refractivity contribution is 5.85. The summed E-state index contributed by atoms with van der Waals surface area (Å²) in [6, 6.07) is 0.269. The Labute approximate surface area is 82.6 Å². The first-order chi connectivity index (χ1) is 6.86. The van der Waals surface area contributed by atoms with Gasteiger partial charge in [-0.2, -0.15) is 0 Å². The van der Waals surface area contributed by atoms with Gasteiger partial charge < -0.3 is 5.32 Å². The standard InChI is InChI=1S/C11H12N2O/c14-11-10-8(5-6-12-11)7-3-1-2-4-9(7)13-10/h1-10,13H,(H,12,14). The molecule has 0 aromatic heterocycles. The van der Waals surface area contributed by atoms with Crippen molar-refractivity contribution in [2.45, 2.75) is 12.1 Å². The van der Waals surface area contributed by atoms with Crippen LogP contribution in [0.4, 0.5) is 0 Å². The van der Waals surface area contributed by atoms with Crippen LogP contribution in [0.2, 0.25) is 0 Å². The highest BCUT2D eigenvalue weighted by atomic mass is 16.2. The molecule has 3 rings (SSSR count). The van der Waals surface area contributed by atoms with Crippen molar-refractivity contribution >= 4 is 5.91 Å². The predicted octanol–water partition coefficient (Wildman–Crippen LogP) is 0.329. The van der Waals surface area contributed by atoms with Gasteiger partial charge in [0, 0.05) is 24.1 Å². The molecule has 0 aromatic carbocycles. The number of rotatable bonds is 0. The summed E-state index contributed by atoms with van der Waals surface area (Å²) in [5, 5.41) is 6.08. The third-order valence-electron chi connectivity index (χ3n) is 3.21. The number of allylic oxidation sites excluding steroid dienone is 2. The fourth-order valence-electron chi connectivity index (χ4n) is 2.52.